The van der Waals surface area contributed by atoms with Crippen molar-refractivity contribution in [3.05, 3.63) is 35.4 Å². The van der Waals surface area contributed by atoms with Crippen molar-refractivity contribution in [1.82, 2.24) is 4.90 Å². The highest BCUT2D eigenvalue weighted by atomic mass is 16.5. The van der Waals surface area contributed by atoms with Crippen LogP contribution < -0.4 is 5.73 Å². The molecule has 1 aromatic rings. The van der Waals surface area contributed by atoms with E-state index < -0.39 is 0 Å². The van der Waals surface area contributed by atoms with Gasteiger partial charge in [-0.1, -0.05) is 29.8 Å². The molecule has 0 saturated carbocycles. The number of ether oxygens (including phenoxy) is 1. The number of hydrogen-bond donors (Lipinski definition) is 1. The second kappa shape index (κ2) is 6.68. The maximum atomic E-state index is 12.4. The second-order valence-corrected chi connectivity index (χ2v) is 5.06. The predicted molar refractivity (Wildman–Crippen MR) is 74.9 cm³/mol. The molecule has 0 spiro atoms. The van der Waals surface area contributed by atoms with Crippen LogP contribution in [0.5, 0.6) is 0 Å². The Morgan fingerprint density at radius 2 is 2.16 bits per heavy atom. The first kappa shape index (κ1) is 14.0. The number of nitrogens with zero attached hydrogens (tertiary/aromatic N) is 1. The Bertz CT molecular complexity index is 415. The van der Waals surface area contributed by atoms with Gasteiger partial charge in [0.1, 0.15) is 0 Å². The molecule has 1 aliphatic rings. The first-order valence-electron chi connectivity index (χ1n) is 6.83. The Labute approximate surface area is 114 Å². The van der Waals surface area contributed by atoms with E-state index in [9.17, 15) is 4.79 Å². The Balaban J connectivity index is 1.99. The van der Waals surface area contributed by atoms with E-state index in [0.717, 1.165) is 12.0 Å². The number of amides is 1. The molecule has 1 atom stereocenters. The number of rotatable bonds is 4. The SMILES string of the molecule is Cc1ccc(CC(=O)N2CCOCC2CCN)cc1. The monoisotopic (exact) mass is 262 g/mol. The van der Waals surface area contributed by atoms with E-state index >= 15 is 0 Å². The Morgan fingerprint density at radius 3 is 2.84 bits per heavy atom. The van der Waals surface area contributed by atoms with Gasteiger partial charge in [-0.25, -0.2) is 0 Å². The molecule has 0 aliphatic carbocycles. The molecule has 1 amide bonds. The van der Waals surface area contributed by atoms with E-state index in [2.05, 4.69) is 0 Å². The van der Waals surface area contributed by atoms with E-state index in [1.165, 1.54) is 5.56 Å². The highest BCUT2D eigenvalue weighted by Gasteiger charge is 2.26. The van der Waals surface area contributed by atoms with Gasteiger partial charge in [-0.3, -0.25) is 4.79 Å². The molecule has 1 fully saturated rings. The van der Waals surface area contributed by atoms with Crippen LogP contribution in [0.4, 0.5) is 0 Å². The summed E-state index contributed by atoms with van der Waals surface area (Å²) in [4.78, 5) is 14.3. The van der Waals surface area contributed by atoms with E-state index in [1.807, 2.05) is 36.1 Å². The summed E-state index contributed by atoms with van der Waals surface area (Å²) in [5.41, 5.74) is 7.87. The summed E-state index contributed by atoms with van der Waals surface area (Å²) in [6.07, 6.45) is 1.26. The van der Waals surface area contributed by atoms with Gasteiger partial charge in [-0.15, -0.1) is 0 Å². The van der Waals surface area contributed by atoms with Gasteiger partial charge in [0.2, 0.25) is 5.91 Å². The number of morpholine rings is 1. The minimum absolute atomic E-state index is 0.136. The maximum Gasteiger partial charge on any atom is 0.227 e. The number of carbonyl (C=O) groups is 1. The molecule has 1 heterocycles. The van der Waals surface area contributed by atoms with Crippen molar-refractivity contribution in [2.24, 2.45) is 5.73 Å². The zero-order chi connectivity index (χ0) is 13.7. The molecule has 4 heteroatoms. The molecular weight excluding hydrogens is 240 g/mol. The molecule has 1 unspecified atom stereocenters. The maximum absolute atomic E-state index is 12.4. The minimum atomic E-state index is 0.136. The molecule has 1 saturated heterocycles. The molecule has 0 bridgehead atoms. The lowest BCUT2D eigenvalue weighted by Gasteiger charge is -2.35. The third-order valence-corrected chi connectivity index (χ3v) is 3.52. The van der Waals surface area contributed by atoms with Crippen LogP contribution in [-0.4, -0.2) is 43.2 Å². The summed E-state index contributed by atoms with van der Waals surface area (Å²) in [5.74, 6) is 0.172. The third-order valence-electron chi connectivity index (χ3n) is 3.52. The van der Waals surface area contributed by atoms with Crippen molar-refractivity contribution < 1.29 is 9.53 Å². The molecule has 4 nitrogen and oxygen atoms in total. The average Bonchev–Trinajstić information content (AvgIpc) is 2.42. The Hall–Kier alpha value is -1.39. The van der Waals surface area contributed by atoms with Crippen LogP contribution in [0.15, 0.2) is 24.3 Å². The normalized spacial score (nSPS) is 19.5. The summed E-state index contributed by atoms with van der Waals surface area (Å²) < 4.78 is 5.43. The summed E-state index contributed by atoms with van der Waals surface area (Å²) in [6, 6.07) is 8.26. The molecule has 0 aromatic heterocycles. The first-order valence-corrected chi connectivity index (χ1v) is 6.83. The van der Waals surface area contributed by atoms with Gasteiger partial charge in [0.05, 0.1) is 25.7 Å². The van der Waals surface area contributed by atoms with Crippen LogP contribution in [0, 0.1) is 6.92 Å². The third kappa shape index (κ3) is 3.78. The number of hydrogen-bond acceptors (Lipinski definition) is 3. The lowest BCUT2D eigenvalue weighted by molar-refractivity contribution is -0.139. The lowest BCUT2D eigenvalue weighted by atomic mass is 10.1. The topological polar surface area (TPSA) is 55.6 Å². The predicted octanol–water partition coefficient (Wildman–Crippen LogP) is 1.11. The van der Waals surface area contributed by atoms with Gasteiger partial charge < -0.3 is 15.4 Å². The number of nitrogens with two attached hydrogens (primary N) is 1. The van der Waals surface area contributed by atoms with Gasteiger partial charge >= 0.3 is 0 Å². The largest absolute Gasteiger partial charge is 0.377 e. The highest BCUT2D eigenvalue weighted by molar-refractivity contribution is 5.79. The summed E-state index contributed by atoms with van der Waals surface area (Å²) >= 11 is 0. The van der Waals surface area contributed by atoms with Gasteiger partial charge in [0.25, 0.3) is 0 Å². The van der Waals surface area contributed by atoms with Crippen LogP contribution >= 0.6 is 0 Å². The molecule has 1 aromatic carbocycles. The van der Waals surface area contributed by atoms with Crippen molar-refractivity contribution in [3.8, 4) is 0 Å². The lowest BCUT2D eigenvalue weighted by Crippen LogP contribution is -2.50. The van der Waals surface area contributed by atoms with Crippen LogP contribution in [0.1, 0.15) is 17.5 Å². The van der Waals surface area contributed by atoms with Gasteiger partial charge in [0.15, 0.2) is 0 Å². The van der Waals surface area contributed by atoms with E-state index in [-0.39, 0.29) is 11.9 Å². The van der Waals surface area contributed by atoms with Gasteiger partial charge in [-0.2, -0.15) is 0 Å². The van der Waals surface area contributed by atoms with Gasteiger partial charge in [0, 0.05) is 6.54 Å². The van der Waals surface area contributed by atoms with Crippen molar-refractivity contribution in [1.29, 1.82) is 0 Å². The molecule has 0 radical (unpaired) electrons. The smallest absolute Gasteiger partial charge is 0.227 e. The van der Waals surface area contributed by atoms with Crippen LogP contribution in [0.25, 0.3) is 0 Å². The fourth-order valence-corrected chi connectivity index (χ4v) is 2.40. The van der Waals surface area contributed by atoms with Crippen molar-refractivity contribution in [3.63, 3.8) is 0 Å². The Morgan fingerprint density at radius 1 is 1.42 bits per heavy atom. The van der Waals surface area contributed by atoms with E-state index in [1.54, 1.807) is 0 Å². The standard InChI is InChI=1S/C15H22N2O2/c1-12-2-4-13(5-3-12)10-15(18)17-8-9-19-11-14(17)6-7-16/h2-5,14H,6-11,16H2,1H3. The molecule has 2 rings (SSSR count). The van der Waals surface area contributed by atoms with Crippen molar-refractivity contribution in [2.45, 2.75) is 25.8 Å². The first-order chi connectivity index (χ1) is 9.20. The molecular formula is C15H22N2O2. The van der Waals surface area contributed by atoms with Gasteiger partial charge in [-0.05, 0) is 25.5 Å². The summed E-state index contributed by atoms with van der Waals surface area (Å²) in [7, 11) is 0. The van der Waals surface area contributed by atoms with Crippen LogP contribution in [0.2, 0.25) is 0 Å². The number of aryl methyl sites for hydroxylation is 1. The molecule has 19 heavy (non-hydrogen) atoms. The zero-order valence-electron chi connectivity index (χ0n) is 11.5. The quantitative estimate of drug-likeness (QED) is 0.884. The summed E-state index contributed by atoms with van der Waals surface area (Å²) in [6.45, 7) is 4.54. The minimum Gasteiger partial charge on any atom is -0.377 e. The number of carbonyl (C=O) groups excluding carboxylic acids is 1. The molecule has 2 N–H and O–H groups in total. The fourth-order valence-electron chi connectivity index (χ4n) is 2.40. The van der Waals surface area contributed by atoms with E-state index in [4.69, 9.17) is 10.5 Å². The van der Waals surface area contributed by atoms with Crippen molar-refractivity contribution >= 4 is 5.91 Å². The molecule has 104 valence electrons. The summed E-state index contributed by atoms with van der Waals surface area (Å²) in [5, 5.41) is 0. The van der Waals surface area contributed by atoms with Crippen LogP contribution in [-0.2, 0) is 16.0 Å². The molecule has 1 aliphatic heterocycles. The zero-order valence-corrected chi connectivity index (χ0v) is 11.5. The highest BCUT2D eigenvalue weighted by Crippen LogP contribution is 2.13. The second-order valence-electron chi connectivity index (χ2n) is 5.06. The van der Waals surface area contributed by atoms with Crippen LogP contribution in [0.3, 0.4) is 0 Å². The fraction of sp³-hybridized carbons (Fsp3) is 0.533. The number of benzene rings is 1. The van der Waals surface area contributed by atoms with E-state index in [0.29, 0.717) is 32.7 Å². The Kier molecular flexibility index (Phi) is 4.93. The average molecular weight is 262 g/mol. The van der Waals surface area contributed by atoms with Crippen molar-refractivity contribution in [2.75, 3.05) is 26.3 Å².